The fourth-order valence-corrected chi connectivity index (χ4v) is 7.19. The fourth-order valence-electron chi connectivity index (χ4n) is 7.19. The van der Waals surface area contributed by atoms with Crippen molar-refractivity contribution in [2.75, 3.05) is 0 Å². The molecule has 0 atom stereocenters. The van der Waals surface area contributed by atoms with Crippen LogP contribution < -0.4 is 0 Å². The van der Waals surface area contributed by atoms with Crippen LogP contribution in [0.3, 0.4) is 0 Å². The molecule has 0 spiro atoms. The number of hydrogen-bond donors (Lipinski definition) is 0. The molecule has 0 bridgehead atoms. The lowest BCUT2D eigenvalue weighted by atomic mass is 9.76. The smallest absolute Gasteiger partial charge is 0.143 e. The Kier molecular flexibility index (Phi) is 5.19. The highest BCUT2D eigenvalue weighted by atomic mass is 16.3. The van der Waals surface area contributed by atoms with Crippen LogP contribution in [0, 0.1) is 0 Å². The second kappa shape index (κ2) is 8.83. The lowest BCUT2D eigenvalue weighted by molar-refractivity contribution is 0.609. The minimum atomic E-state index is 0.00924. The second-order valence-corrected chi connectivity index (χ2v) is 12.0. The highest BCUT2D eigenvalue weighted by Gasteiger charge is 2.38. The average Bonchev–Trinajstić information content (AvgIpc) is 3.50. The fraction of sp³-hybridized carbons (Fsp3) is 0.179. The van der Waals surface area contributed by atoms with Crippen molar-refractivity contribution in [3.63, 3.8) is 0 Å². The maximum absolute atomic E-state index is 6.39. The molecule has 3 aliphatic carbocycles. The van der Waals surface area contributed by atoms with Crippen LogP contribution >= 0.6 is 0 Å². The van der Waals surface area contributed by atoms with Crippen LogP contribution in [0.2, 0.25) is 0 Å². The molecule has 0 aliphatic heterocycles. The summed E-state index contributed by atoms with van der Waals surface area (Å²) in [7, 11) is 0. The number of para-hydroxylation sites is 2. The van der Waals surface area contributed by atoms with Gasteiger partial charge in [0.2, 0.25) is 0 Å². The van der Waals surface area contributed by atoms with Gasteiger partial charge in [-0.3, -0.25) is 0 Å². The van der Waals surface area contributed by atoms with Gasteiger partial charge in [-0.1, -0.05) is 117 Å². The Morgan fingerprint density at radius 3 is 2.27 bits per heavy atom. The molecular formula is C39H32O. The monoisotopic (exact) mass is 516 g/mol. The van der Waals surface area contributed by atoms with Crippen LogP contribution in [0.1, 0.15) is 61.8 Å². The van der Waals surface area contributed by atoms with Gasteiger partial charge in [0, 0.05) is 21.8 Å². The molecule has 5 aromatic rings. The summed E-state index contributed by atoms with van der Waals surface area (Å²) >= 11 is 0. The molecule has 0 unspecified atom stereocenters. The molecule has 194 valence electrons. The Hall–Kier alpha value is -4.36. The summed E-state index contributed by atoms with van der Waals surface area (Å²) in [4.78, 5) is 0. The minimum Gasteiger partial charge on any atom is -0.455 e. The molecular weight excluding hydrogens is 484 g/mol. The Bertz CT molecular complexity index is 1950. The first-order valence-electron chi connectivity index (χ1n) is 14.5. The first kappa shape index (κ1) is 23.5. The van der Waals surface area contributed by atoms with Crippen molar-refractivity contribution in [2.24, 2.45) is 0 Å². The van der Waals surface area contributed by atoms with Crippen LogP contribution in [-0.4, -0.2) is 0 Å². The van der Waals surface area contributed by atoms with E-state index in [-0.39, 0.29) is 5.41 Å². The molecule has 1 heterocycles. The lowest BCUT2D eigenvalue weighted by Crippen LogP contribution is -2.18. The van der Waals surface area contributed by atoms with Crippen molar-refractivity contribution in [1.82, 2.24) is 0 Å². The molecule has 1 aromatic heterocycles. The summed E-state index contributed by atoms with van der Waals surface area (Å²) in [6.45, 7) is 4.80. The third-order valence-corrected chi connectivity index (χ3v) is 9.38. The van der Waals surface area contributed by atoms with Gasteiger partial charge in [0.1, 0.15) is 11.2 Å². The van der Waals surface area contributed by atoms with Crippen LogP contribution in [-0.2, 0) is 5.41 Å². The first-order chi connectivity index (χ1) is 19.6. The van der Waals surface area contributed by atoms with Crippen LogP contribution in [0.25, 0.3) is 49.8 Å². The SMILES string of the molecule is CC1(C)C2=C(C=C(c3ccc(C4=CC=CCC4)cc3)CC2)c2ccc(-c3cccc4c3oc3ccccc34)cc21. The zero-order chi connectivity index (χ0) is 26.8. The quantitative estimate of drug-likeness (QED) is 0.232. The van der Waals surface area contributed by atoms with Crippen molar-refractivity contribution in [3.05, 3.63) is 137 Å². The number of furan rings is 1. The largest absolute Gasteiger partial charge is 0.455 e. The Balaban J connectivity index is 1.18. The summed E-state index contributed by atoms with van der Waals surface area (Å²) in [5, 5.41) is 2.36. The standard InChI is InChI=1S/C39H32O/c1-39(2)35-22-20-28(27-17-15-26(16-18-27)25-9-4-3-5-10-25)23-34(35)31-21-19-29(24-36(31)39)30-12-8-13-33-32-11-6-7-14-37(32)40-38(30)33/h3-4,6-9,11-19,21,23-24H,5,10,20,22H2,1-2H3. The van der Waals surface area contributed by atoms with Gasteiger partial charge in [0.25, 0.3) is 0 Å². The van der Waals surface area contributed by atoms with Gasteiger partial charge in [-0.05, 0) is 82.4 Å². The molecule has 40 heavy (non-hydrogen) atoms. The third-order valence-electron chi connectivity index (χ3n) is 9.38. The van der Waals surface area contributed by atoms with E-state index in [4.69, 9.17) is 4.42 Å². The van der Waals surface area contributed by atoms with Crippen molar-refractivity contribution in [1.29, 1.82) is 0 Å². The van der Waals surface area contributed by atoms with Crippen molar-refractivity contribution < 1.29 is 4.42 Å². The van der Waals surface area contributed by atoms with E-state index < -0.39 is 0 Å². The van der Waals surface area contributed by atoms with Crippen LogP contribution in [0.4, 0.5) is 0 Å². The number of rotatable bonds is 3. The van der Waals surface area contributed by atoms with Gasteiger partial charge >= 0.3 is 0 Å². The summed E-state index contributed by atoms with van der Waals surface area (Å²) in [5.74, 6) is 0. The van der Waals surface area contributed by atoms with Crippen LogP contribution in [0.15, 0.2) is 119 Å². The third kappa shape index (κ3) is 3.54. The van der Waals surface area contributed by atoms with Gasteiger partial charge < -0.3 is 4.42 Å². The predicted octanol–water partition coefficient (Wildman–Crippen LogP) is 10.9. The maximum atomic E-state index is 6.39. The van der Waals surface area contributed by atoms with E-state index in [0.29, 0.717) is 0 Å². The van der Waals surface area contributed by atoms with E-state index in [1.165, 1.54) is 55.3 Å². The van der Waals surface area contributed by atoms with Crippen molar-refractivity contribution in [2.45, 2.75) is 44.9 Å². The van der Waals surface area contributed by atoms with E-state index in [1.807, 2.05) is 6.07 Å². The summed E-state index contributed by atoms with van der Waals surface area (Å²) in [5.41, 5.74) is 15.7. The van der Waals surface area contributed by atoms with Crippen LogP contribution in [0.5, 0.6) is 0 Å². The molecule has 1 nitrogen and oxygen atoms in total. The molecule has 0 radical (unpaired) electrons. The topological polar surface area (TPSA) is 13.1 Å². The minimum absolute atomic E-state index is 0.00924. The van der Waals surface area contributed by atoms with Crippen molar-refractivity contribution in [3.8, 4) is 11.1 Å². The Morgan fingerprint density at radius 2 is 1.45 bits per heavy atom. The first-order valence-corrected chi connectivity index (χ1v) is 14.5. The van der Waals surface area contributed by atoms with E-state index >= 15 is 0 Å². The molecule has 4 aromatic carbocycles. The second-order valence-electron chi connectivity index (χ2n) is 12.0. The molecule has 0 saturated carbocycles. The van der Waals surface area contributed by atoms with Gasteiger partial charge in [0.05, 0.1) is 0 Å². The molecule has 0 fully saturated rings. The summed E-state index contributed by atoms with van der Waals surface area (Å²) in [6, 6.07) is 31.2. The van der Waals surface area contributed by atoms with Gasteiger partial charge in [0.15, 0.2) is 0 Å². The average molecular weight is 517 g/mol. The molecule has 1 heteroatoms. The zero-order valence-corrected chi connectivity index (χ0v) is 23.1. The highest BCUT2D eigenvalue weighted by molar-refractivity contribution is 6.09. The van der Waals surface area contributed by atoms with E-state index in [2.05, 4.69) is 117 Å². The molecule has 8 rings (SSSR count). The molecule has 3 aliphatic rings. The number of hydrogen-bond acceptors (Lipinski definition) is 1. The zero-order valence-electron chi connectivity index (χ0n) is 23.1. The predicted molar refractivity (Wildman–Crippen MR) is 169 cm³/mol. The van der Waals surface area contributed by atoms with E-state index in [0.717, 1.165) is 42.4 Å². The Morgan fingerprint density at radius 1 is 0.675 bits per heavy atom. The Labute approximate surface area is 235 Å². The van der Waals surface area contributed by atoms with Gasteiger partial charge in [-0.25, -0.2) is 0 Å². The summed E-state index contributed by atoms with van der Waals surface area (Å²) in [6.07, 6.45) is 13.6. The number of allylic oxidation sites excluding steroid dienone is 8. The molecule has 0 saturated heterocycles. The lowest BCUT2D eigenvalue weighted by Gasteiger charge is -2.27. The van der Waals surface area contributed by atoms with E-state index in [1.54, 1.807) is 5.57 Å². The van der Waals surface area contributed by atoms with Gasteiger partial charge in [-0.15, -0.1) is 0 Å². The number of benzene rings is 4. The number of fused-ring (bicyclic) bond motifs is 5. The van der Waals surface area contributed by atoms with Crippen molar-refractivity contribution >= 4 is 38.7 Å². The summed E-state index contributed by atoms with van der Waals surface area (Å²) < 4.78 is 6.39. The molecule has 0 N–H and O–H groups in total. The maximum Gasteiger partial charge on any atom is 0.143 e. The molecule has 0 amide bonds. The highest BCUT2D eigenvalue weighted by Crippen LogP contribution is 2.53. The van der Waals surface area contributed by atoms with Gasteiger partial charge in [-0.2, -0.15) is 0 Å². The van der Waals surface area contributed by atoms with E-state index in [9.17, 15) is 0 Å². The normalized spacial score (nSPS) is 17.6.